The van der Waals surface area contributed by atoms with E-state index in [1.807, 2.05) is 11.8 Å². The van der Waals surface area contributed by atoms with Crippen molar-refractivity contribution >= 4 is 17.7 Å². The highest BCUT2D eigenvalue weighted by Crippen LogP contribution is 2.33. The lowest BCUT2D eigenvalue weighted by Crippen LogP contribution is -3.02. The number of carbonyl (C=O) groups excluding carboxylic acids is 1. The minimum absolute atomic E-state index is 0.245. The Morgan fingerprint density at radius 3 is 3.23 bits per heavy atom. The molecule has 2 heterocycles. The van der Waals surface area contributed by atoms with E-state index in [0.717, 1.165) is 19.5 Å². The molecule has 4 heteroatoms. The van der Waals surface area contributed by atoms with Crippen LogP contribution in [-0.2, 0) is 4.79 Å². The van der Waals surface area contributed by atoms with Gasteiger partial charge in [0.05, 0.1) is 18.8 Å². The molecule has 2 aliphatic rings. The fourth-order valence-corrected chi connectivity index (χ4v) is 3.71. The number of nitrogens with zero attached hydrogens (tertiary/aromatic N) is 1. The quantitative estimate of drug-likeness (QED) is 0.629. The van der Waals surface area contributed by atoms with Crippen molar-refractivity contribution < 1.29 is 10.1 Å². The molecular formula is C9H17N2OS+. The standard InChI is InChI=1S/C9H16N2OS/c1-3-9(2)8-11(5-4-10-9)7(12)6-13-8/h8,10H,3-6H2,1-2H3/p+1/t8-,9-/m0/s1. The Balaban J connectivity index is 2.20. The number of thioether (sulfide) groups is 1. The van der Waals surface area contributed by atoms with E-state index < -0.39 is 0 Å². The molecule has 74 valence electrons. The summed E-state index contributed by atoms with van der Waals surface area (Å²) in [5.41, 5.74) is 0.245. The van der Waals surface area contributed by atoms with Crippen molar-refractivity contribution in [2.24, 2.45) is 0 Å². The molecule has 2 aliphatic heterocycles. The van der Waals surface area contributed by atoms with E-state index >= 15 is 0 Å². The Morgan fingerprint density at radius 2 is 2.54 bits per heavy atom. The molecular weight excluding hydrogens is 184 g/mol. The molecule has 0 unspecified atom stereocenters. The minimum atomic E-state index is 0.245. The summed E-state index contributed by atoms with van der Waals surface area (Å²) in [6, 6.07) is 0. The summed E-state index contributed by atoms with van der Waals surface area (Å²) >= 11 is 1.81. The molecule has 2 N–H and O–H groups in total. The molecule has 0 bridgehead atoms. The number of fused-ring (bicyclic) bond motifs is 1. The molecule has 0 radical (unpaired) electrons. The largest absolute Gasteiger partial charge is 0.338 e. The van der Waals surface area contributed by atoms with Gasteiger partial charge < -0.3 is 10.2 Å². The van der Waals surface area contributed by atoms with E-state index in [2.05, 4.69) is 24.1 Å². The Kier molecular flexibility index (Phi) is 2.28. The van der Waals surface area contributed by atoms with E-state index in [9.17, 15) is 4.79 Å². The van der Waals surface area contributed by atoms with Crippen molar-refractivity contribution in [1.29, 1.82) is 0 Å². The SMILES string of the molecule is CC[C@]1(C)[NH2+]CCN2C(=O)CS[C@H]21. The van der Waals surface area contributed by atoms with Gasteiger partial charge in [-0.1, -0.05) is 6.92 Å². The molecule has 13 heavy (non-hydrogen) atoms. The molecule has 0 spiro atoms. The molecule has 2 rings (SSSR count). The molecule has 0 saturated carbocycles. The van der Waals surface area contributed by atoms with Crippen LogP contribution in [0.2, 0.25) is 0 Å². The van der Waals surface area contributed by atoms with E-state index in [1.54, 1.807) is 0 Å². The van der Waals surface area contributed by atoms with E-state index in [-0.39, 0.29) is 5.54 Å². The fourth-order valence-electron chi connectivity index (χ4n) is 2.20. The maximum Gasteiger partial charge on any atom is 0.233 e. The third-order valence-corrected chi connectivity index (χ3v) is 4.80. The van der Waals surface area contributed by atoms with Crippen molar-refractivity contribution in [1.82, 2.24) is 4.90 Å². The van der Waals surface area contributed by atoms with Gasteiger partial charge in [-0.25, -0.2) is 0 Å². The van der Waals surface area contributed by atoms with Gasteiger partial charge in [-0.15, -0.1) is 11.8 Å². The van der Waals surface area contributed by atoms with Gasteiger partial charge in [-0.2, -0.15) is 0 Å². The number of nitrogens with two attached hydrogens (primary N) is 1. The van der Waals surface area contributed by atoms with Gasteiger partial charge in [0.25, 0.3) is 0 Å². The van der Waals surface area contributed by atoms with Crippen molar-refractivity contribution in [3.8, 4) is 0 Å². The number of carbonyl (C=O) groups is 1. The predicted molar refractivity (Wildman–Crippen MR) is 53.4 cm³/mol. The zero-order valence-electron chi connectivity index (χ0n) is 8.25. The van der Waals surface area contributed by atoms with Crippen LogP contribution in [0.15, 0.2) is 0 Å². The summed E-state index contributed by atoms with van der Waals surface area (Å²) in [6.07, 6.45) is 1.13. The highest BCUT2D eigenvalue weighted by molar-refractivity contribution is 8.01. The number of hydrogen-bond donors (Lipinski definition) is 1. The molecule has 0 aromatic rings. The lowest BCUT2D eigenvalue weighted by atomic mass is 9.95. The Labute approximate surface area is 83.2 Å². The predicted octanol–water partition coefficient (Wildman–Crippen LogP) is -0.366. The summed E-state index contributed by atoms with van der Waals surface area (Å²) in [4.78, 5) is 13.6. The third-order valence-electron chi connectivity index (χ3n) is 3.27. The van der Waals surface area contributed by atoms with Gasteiger partial charge in [0.15, 0.2) is 0 Å². The monoisotopic (exact) mass is 201 g/mol. The first kappa shape index (κ1) is 9.34. The van der Waals surface area contributed by atoms with E-state index in [4.69, 9.17) is 0 Å². The minimum Gasteiger partial charge on any atom is -0.338 e. The van der Waals surface area contributed by atoms with Crippen LogP contribution in [0.4, 0.5) is 0 Å². The normalized spacial score (nSPS) is 39.4. The topological polar surface area (TPSA) is 36.9 Å². The molecule has 2 atom stereocenters. The summed E-state index contributed by atoms with van der Waals surface area (Å²) in [5.74, 6) is 1.02. The molecule has 3 nitrogen and oxygen atoms in total. The third kappa shape index (κ3) is 1.36. The second kappa shape index (κ2) is 3.17. The number of piperazine rings is 1. The molecule has 0 aromatic heterocycles. The molecule has 0 aromatic carbocycles. The Hall–Kier alpha value is -0.220. The van der Waals surface area contributed by atoms with Crippen LogP contribution in [0.3, 0.4) is 0 Å². The van der Waals surface area contributed by atoms with E-state index in [1.165, 1.54) is 0 Å². The second-order valence-corrected chi connectivity index (χ2v) is 5.17. The molecule has 1 amide bonds. The van der Waals surface area contributed by atoms with Crippen molar-refractivity contribution in [3.05, 3.63) is 0 Å². The number of amides is 1. The van der Waals surface area contributed by atoms with Gasteiger partial charge in [-0.3, -0.25) is 4.79 Å². The summed E-state index contributed by atoms with van der Waals surface area (Å²) in [6.45, 7) is 6.48. The number of quaternary nitrogens is 1. The lowest BCUT2D eigenvalue weighted by molar-refractivity contribution is -0.734. The van der Waals surface area contributed by atoms with Crippen LogP contribution >= 0.6 is 11.8 Å². The number of rotatable bonds is 1. The van der Waals surface area contributed by atoms with Gasteiger partial charge in [0.2, 0.25) is 5.91 Å². The average Bonchev–Trinajstić information content (AvgIpc) is 2.50. The van der Waals surface area contributed by atoms with Crippen LogP contribution in [0.25, 0.3) is 0 Å². The molecule has 2 fully saturated rings. The lowest BCUT2D eigenvalue weighted by Gasteiger charge is -2.41. The fraction of sp³-hybridized carbons (Fsp3) is 0.889. The first-order valence-corrected chi connectivity index (χ1v) is 5.98. The van der Waals surface area contributed by atoms with Crippen molar-refractivity contribution in [2.45, 2.75) is 31.2 Å². The Bertz CT molecular complexity index is 234. The van der Waals surface area contributed by atoms with Crippen LogP contribution in [0, 0.1) is 0 Å². The first-order valence-electron chi connectivity index (χ1n) is 4.93. The molecule has 2 saturated heterocycles. The Morgan fingerprint density at radius 1 is 1.77 bits per heavy atom. The highest BCUT2D eigenvalue weighted by Gasteiger charge is 2.48. The zero-order valence-corrected chi connectivity index (χ0v) is 9.06. The maximum atomic E-state index is 11.5. The van der Waals surface area contributed by atoms with Crippen molar-refractivity contribution in [2.75, 3.05) is 18.8 Å². The summed E-state index contributed by atoms with van der Waals surface area (Å²) < 4.78 is 0. The summed E-state index contributed by atoms with van der Waals surface area (Å²) in [5, 5.41) is 2.82. The van der Waals surface area contributed by atoms with Gasteiger partial charge in [0, 0.05) is 6.42 Å². The van der Waals surface area contributed by atoms with Crippen LogP contribution in [-0.4, -0.2) is 40.6 Å². The van der Waals surface area contributed by atoms with Crippen molar-refractivity contribution in [3.63, 3.8) is 0 Å². The molecule has 0 aliphatic carbocycles. The zero-order chi connectivity index (χ0) is 9.47. The van der Waals surface area contributed by atoms with Crippen LogP contribution in [0.5, 0.6) is 0 Å². The van der Waals surface area contributed by atoms with Crippen LogP contribution in [0.1, 0.15) is 20.3 Å². The van der Waals surface area contributed by atoms with Gasteiger partial charge in [-0.05, 0) is 6.92 Å². The maximum absolute atomic E-state index is 11.5. The summed E-state index contributed by atoms with van der Waals surface area (Å²) in [7, 11) is 0. The van der Waals surface area contributed by atoms with Crippen LogP contribution < -0.4 is 5.32 Å². The average molecular weight is 201 g/mol. The van der Waals surface area contributed by atoms with Gasteiger partial charge in [0.1, 0.15) is 10.9 Å². The van der Waals surface area contributed by atoms with E-state index in [0.29, 0.717) is 17.0 Å². The first-order chi connectivity index (χ1) is 6.17. The second-order valence-electron chi connectivity index (χ2n) is 4.10. The smallest absolute Gasteiger partial charge is 0.233 e. The number of hydrogen-bond acceptors (Lipinski definition) is 2. The van der Waals surface area contributed by atoms with Gasteiger partial charge >= 0.3 is 0 Å². The highest BCUT2D eigenvalue weighted by atomic mass is 32.2.